The molecule has 3 N–H and O–H groups in total. The van der Waals surface area contributed by atoms with Crippen LogP contribution in [0, 0.1) is 0 Å². The molecule has 2 aromatic carbocycles. The zero-order valence-electron chi connectivity index (χ0n) is 22.6. The molecule has 0 unspecified atom stereocenters. The molecule has 1 aliphatic rings. The highest BCUT2D eigenvalue weighted by molar-refractivity contribution is 5.95. The Kier molecular flexibility index (Phi) is 8.01. The largest absolute Gasteiger partial charge is 0.508 e. The van der Waals surface area contributed by atoms with Crippen molar-refractivity contribution in [2.75, 3.05) is 32.7 Å². The first-order chi connectivity index (χ1) is 18.1. The van der Waals surface area contributed by atoms with Gasteiger partial charge in [0.15, 0.2) is 5.82 Å². The number of piperazine rings is 1. The number of likely N-dealkylation sites (N-methyl/N-ethyl adjacent to an activating group) is 1. The molecule has 0 bridgehead atoms. The van der Waals surface area contributed by atoms with E-state index in [4.69, 9.17) is 0 Å². The van der Waals surface area contributed by atoms with Crippen LogP contribution in [0.4, 0.5) is 0 Å². The van der Waals surface area contributed by atoms with Crippen molar-refractivity contribution in [3.05, 3.63) is 53.3 Å². The Hall–Kier alpha value is -3.92. The third-order valence-corrected chi connectivity index (χ3v) is 6.77. The van der Waals surface area contributed by atoms with Gasteiger partial charge in [0.2, 0.25) is 5.82 Å². The Labute approximate surface area is 222 Å². The minimum Gasteiger partial charge on any atom is -0.508 e. The van der Waals surface area contributed by atoms with Crippen LogP contribution in [-0.4, -0.2) is 85.4 Å². The van der Waals surface area contributed by atoms with Crippen LogP contribution in [0.25, 0.3) is 17.1 Å². The van der Waals surface area contributed by atoms with E-state index in [1.807, 2.05) is 32.6 Å². The lowest BCUT2D eigenvalue weighted by molar-refractivity contribution is 0.0643. The van der Waals surface area contributed by atoms with Crippen LogP contribution in [0.3, 0.4) is 0 Å². The van der Waals surface area contributed by atoms with E-state index in [0.29, 0.717) is 35.5 Å². The Morgan fingerprint density at radius 3 is 2.18 bits per heavy atom. The first-order valence-corrected chi connectivity index (χ1v) is 13.0. The Morgan fingerprint density at radius 1 is 0.947 bits per heavy atom. The number of carbonyl (C=O) groups is 2. The standard InChI is InChI=1S/C28H36N6O4/c1-6-32-11-13-33(14-12-32)28(38)19-7-9-20(10-8-19)34-25(30-31-26(34)27(37)29-18(4)5)22-15-21(17(2)3)23(35)16-24(22)36/h7-10,15-18,35-36H,6,11-14H2,1-5H3,(H,29,37). The molecule has 0 atom stereocenters. The fraction of sp³-hybridized carbons (Fsp3) is 0.429. The lowest BCUT2D eigenvalue weighted by Crippen LogP contribution is -2.48. The van der Waals surface area contributed by atoms with Gasteiger partial charge >= 0.3 is 0 Å². The van der Waals surface area contributed by atoms with Crippen LogP contribution in [0.2, 0.25) is 0 Å². The van der Waals surface area contributed by atoms with Gasteiger partial charge in [-0.25, -0.2) is 0 Å². The molecule has 10 nitrogen and oxygen atoms in total. The molecule has 0 spiro atoms. The van der Waals surface area contributed by atoms with Gasteiger partial charge in [-0.05, 0) is 62.2 Å². The number of nitrogens with one attached hydrogen (secondary N) is 1. The van der Waals surface area contributed by atoms with E-state index in [1.54, 1.807) is 34.9 Å². The number of nitrogens with zero attached hydrogens (tertiary/aromatic N) is 5. The number of phenols is 2. The van der Waals surface area contributed by atoms with Crippen molar-refractivity contribution in [3.8, 4) is 28.6 Å². The molecule has 38 heavy (non-hydrogen) atoms. The summed E-state index contributed by atoms with van der Waals surface area (Å²) in [6.45, 7) is 13.7. The molecular weight excluding hydrogens is 484 g/mol. The maximum absolute atomic E-state index is 13.1. The summed E-state index contributed by atoms with van der Waals surface area (Å²) in [5.41, 5.74) is 2.07. The second kappa shape index (κ2) is 11.2. The summed E-state index contributed by atoms with van der Waals surface area (Å²) in [6.07, 6.45) is 0. The third kappa shape index (κ3) is 5.50. The van der Waals surface area contributed by atoms with Gasteiger partial charge in [-0.15, -0.1) is 10.2 Å². The average Bonchev–Trinajstić information content (AvgIpc) is 3.33. The fourth-order valence-electron chi connectivity index (χ4n) is 4.62. The first kappa shape index (κ1) is 27.1. The van der Waals surface area contributed by atoms with Gasteiger partial charge in [-0.1, -0.05) is 20.8 Å². The fourth-order valence-corrected chi connectivity index (χ4v) is 4.62. The Morgan fingerprint density at radius 2 is 1.61 bits per heavy atom. The van der Waals surface area contributed by atoms with Crippen LogP contribution in [-0.2, 0) is 0 Å². The highest BCUT2D eigenvalue weighted by atomic mass is 16.3. The van der Waals surface area contributed by atoms with Gasteiger partial charge in [0.05, 0.1) is 5.56 Å². The quantitative estimate of drug-likeness (QED) is 0.436. The number of hydrogen-bond acceptors (Lipinski definition) is 7. The lowest BCUT2D eigenvalue weighted by Gasteiger charge is -2.34. The highest BCUT2D eigenvalue weighted by Gasteiger charge is 2.26. The molecule has 2 amide bonds. The van der Waals surface area contributed by atoms with Crippen molar-refractivity contribution in [1.82, 2.24) is 29.9 Å². The van der Waals surface area contributed by atoms with E-state index in [0.717, 1.165) is 19.6 Å². The topological polar surface area (TPSA) is 124 Å². The van der Waals surface area contributed by atoms with E-state index in [9.17, 15) is 19.8 Å². The van der Waals surface area contributed by atoms with Crippen molar-refractivity contribution in [1.29, 1.82) is 0 Å². The number of benzene rings is 2. The highest BCUT2D eigenvalue weighted by Crippen LogP contribution is 2.38. The van der Waals surface area contributed by atoms with Crippen LogP contribution < -0.4 is 5.32 Å². The van der Waals surface area contributed by atoms with E-state index in [1.165, 1.54) is 6.07 Å². The number of phenolic OH excluding ortho intramolecular Hbond substituents is 2. The van der Waals surface area contributed by atoms with E-state index in [-0.39, 0.29) is 41.0 Å². The van der Waals surface area contributed by atoms with Crippen LogP contribution in [0.1, 0.15) is 67.1 Å². The van der Waals surface area contributed by atoms with Gasteiger partial charge in [0.1, 0.15) is 11.5 Å². The number of aromatic nitrogens is 3. The Balaban J connectivity index is 1.74. The van der Waals surface area contributed by atoms with Gasteiger partial charge in [0, 0.05) is 49.5 Å². The van der Waals surface area contributed by atoms with Gasteiger partial charge in [-0.3, -0.25) is 14.2 Å². The smallest absolute Gasteiger partial charge is 0.289 e. The van der Waals surface area contributed by atoms with Crippen molar-refractivity contribution in [2.24, 2.45) is 0 Å². The molecule has 0 aliphatic carbocycles. The monoisotopic (exact) mass is 520 g/mol. The number of amides is 2. The summed E-state index contributed by atoms with van der Waals surface area (Å²) < 4.78 is 1.56. The SMILES string of the molecule is CCN1CCN(C(=O)c2ccc(-n3c(C(=O)NC(C)C)nnc3-c3cc(C(C)C)c(O)cc3O)cc2)CC1. The number of hydrogen-bond donors (Lipinski definition) is 3. The molecule has 0 saturated carbocycles. The summed E-state index contributed by atoms with van der Waals surface area (Å²) in [6, 6.07) is 9.76. The van der Waals surface area contributed by atoms with Gasteiger partial charge in [0.25, 0.3) is 11.8 Å². The first-order valence-electron chi connectivity index (χ1n) is 13.0. The molecule has 1 fully saturated rings. The maximum Gasteiger partial charge on any atom is 0.289 e. The molecule has 10 heteroatoms. The van der Waals surface area contributed by atoms with Gasteiger partial charge in [-0.2, -0.15) is 0 Å². The summed E-state index contributed by atoms with van der Waals surface area (Å²) >= 11 is 0. The lowest BCUT2D eigenvalue weighted by atomic mass is 9.98. The summed E-state index contributed by atoms with van der Waals surface area (Å²) in [7, 11) is 0. The molecule has 1 aliphatic heterocycles. The molecule has 2 heterocycles. The summed E-state index contributed by atoms with van der Waals surface area (Å²) in [4.78, 5) is 30.3. The molecule has 4 rings (SSSR count). The molecule has 1 aromatic heterocycles. The van der Waals surface area contributed by atoms with Crippen LogP contribution in [0.15, 0.2) is 36.4 Å². The number of aromatic hydroxyl groups is 2. The van der Waals surface area contributed by atoms with E-state index < -0.39 is 5.91 Å². The van der Waals surface area contributed by atoms with Crippen molar-refractivity contribution < 1.29 is 19.8 Å². The predicted molar refractivity (Wildman–Crippen MR) is 145 cm³/mol. The molecule has 0 radical (unpaired) electrons. The third-order valence-electron chi connectivity index (χ3n) is 6.77. The van der Waals surface area contributed by atoms with Crippen LogP contribution >= 0.6 is 0 Å². The summed E-state index contributed by atoms with van der Waals surface area (Å²) in [5.74, 6) is -0.391. The van der Waals surface area contributed by atoms with Gasteiger partial charge < -0.3 is 25.3 Å². The normalized spacial score (nSPS) is 14.3. The van der Waals surface area contributed by atoms with Crippen LogP contribution in [0.5, 0.6) is 11.5 Å². The molecular formula is C28H36N6O4. The molecule has 202 valence electrons. The Bertz CT molecular complexity index is 1310. The number of carbonyl (C=O) groups excluding carboxylic acids is 2. The maximum atomic E-state index is 13.1. The zero-order chi connectivity index (χ0) is 27.6. The van der Waals surface area contributed by atoms with Crippen molar-refractivity contribution >= 4 is 11.8 Å². The van der Waals surface area contributed by atoms with Crippen molar-refractivity contribution in [3.63, 3.8) is 0 Å². The van der Waals surface area contributed by atoms with Crippen molar-refractivity contribution in [2.45, 2.75) is 46.6 Å². The minimum atomic E-state index is -0.421. The second-order valence-electron chi connectivity index (χ2n) is 10.2. The zero-order valence-corrected chi connectivity index (χ0v) is 22.6. The predicted octanol–water partition coefficient (Wildman–Crippen LogP) is 3.38. The second-order valence-corrected chi connectivity index (χ2v) is 10.2. The average molecular weight is 521 g/mol. The minimum absolute atomic E-state index is 0.0149. The molecule has 3 aromatic rings. The summed E-state index contributed by atoms with van der Waals surface area (Å²) in [5, 5.41) is 32.3. The van der Waals surface area contributed by atoms with E-state index >= 15 is 0 Å². The number of rotatable bonds is 7. The van der Waals surface area contributed by atoms with E-state index in [2.05, 4.69) is 27.3 Å². The molecule has 1 saturated heterocycles.